The van der Waals surface area contributed by atoms with Crippen LogP contribution in [-0.4, -0.2) is 31.7 Å². The fourth-order valence-electron chi connectivity index (χ4n) is 4.49. The van der Waals surface area contributed by atoms with Gasteiger partial charge in [0, 0.05) is 18.1 Å². The number of carbonyl (C=O) groups excluding carboxylic acids is 1. The van der Waals surface area contributed by atoms with Gasteiger partial charge in [0.2, 0.25) is 15.9 Å². The minimum atomic E-state index is -3.49. The molecule has 0 spiro atoms. The van der Waals surface area contributed by atoms with Crippen LogP contribution in [0.4, 0.5) is 0 Å². The van der Waals surface area contributed by atoms with Crippen molar-refractivity contribution >= 4 is 27.5 Å². The Kier molecular flexibility index (Phi) is 6.46. The lowest BCUT2D eigenvalue weighted by atomic mass is 9.87. The van der Waals surface area contributed by atoms with E-state index in [2.05, 4.69) is 17.4 Å². The van der Waals surface area contributed by atoms with Gasteiger partial charge in [-0.2, -0.15) is 0 Å². The zero-order valence-electron chi connectivity index (χ0n) is 16.9. The van der Waals surface area contributed by atoms with Crippen LogP contribution in [-0.2, 0) is 27.0 Å². The predicted molar refractivity (Wildman–Crippen MR) is 119 cm³/mol. The molecule has 2 aromatic rings. The van der Waals surface area contributed by atoms with Gasteiger partial charge in [-0.05, 0) is 60.9 Å². The molecule has 2 aliphatic rings. The minimum Gasteiger partial charge on any atom is -0.349 e. The highest BCUT2D eigenvalue weighted by atomic mass is 35.5. The molecular weight excluding hydrogens is 420 g/mol. The van der Waals surface area contributed by atoms with E-state index in [1.54, 1.807) is 24.3 Å². The molecule has 2 aromatic carbocycles. The number of hydrogen-bond acceptors (Lipinski definition) is 3. The number of rotatable bonds is 5. The predicted octanol–water partition coefficient (Wildman–Crippen LogP) is 4.08. The fourth-order valence-corrected chi connectivity index (χ4v) is 6.22. The number of nitrogens with one attached hydrogen (secondary N) is 1. The van der Waals surface area contributed by atoms with Gasteiger partial charge < -0.3 is 5.32 Å². The van der Waals surface area contributed by atoms with E-state index in [0.29, 0.717) is 30.0 Å². The summed E-state index contributed by atoms with van der Waals surface area (Å²) in [7, 11) is -3.49. The second kappa shape index (κ2) is 9.08. The Morgan fingerprint density at radius 1 is 1.07 bits per heavy atom. The van der Waals surface area contributed by atoms with Gasteiger partial charge in [0.15, 0.2) is 0 Å². The van der Waals surface area contributed by atoms with Crippen LogP contribution in [0.1, 0.15) is 48.4 Å². The standard InChI is InChI=1S/C23H27ClN2O3S/c24-20-12-10-17(11-13-20)16-30(28,29)26-14-4-7-19(15-26)23(27)25-22-9-3-6-18-5-1-2-8-21(18)22/h1-2,5,8,10-13,19,22H,3-4,6-7,9,14-16H2,(H,25,27)/t19-,22+/m1/s1. The van der Waals surface area contributed by atoms with Crippen LogP contribution in [0.3, 0.4) is 0 Å². The van der Waals surface area contributed by atoms with Gasteiger partial charge in [0.05, 0.1) is 17.7 Å². The second-order valence-corrected chi connectivity index (χ2v) is 10.6. The van der Waals surface area contributed by atoms with Crippen molar-refractivity contribution in [2.75, 3.05) is 13.1 Å². The first kappa shape index (κ1) is 21.3. The minimum absolute atomic E-state index is 0.0171. The molecule has 2 atom stereocenters. The van der Waals surface area contributed by atoms with Crippen LogP contribution in [0.25, 0.3) is 0 Å². The molecular formula is C23H27ClN2O3S. The summed E-state index contributed by atoms with van der Waals surface area (Å²) in [5.74, 6) is -0.426. The topological polar surface area (TPSA) is 66.5 Å². The first-order valence-corrected chi connectivity index (χ1v) is 12.5. The smallest absolute Gasteiger partial charge is 0.224 e. The number of piperidine rings is 1. The lowest BCUT2D eigenvalue weighted by Gasteiger charge is -2.33. The van der Waals surface area contributed by atoms with E-state index in [1.807, 2.05) is 12.1 Å². The monoisotopic (exact) mass is 446 g/mol. The highest BCUT2D eigenvalue weighted by molar-refractivity contribution is 7.88. The Morgan fingerprint density at radius 2 is 1.83 bits per heavy atom. The highest BCUT2D eigenvalue weighted by Gasteiger charge is 2.33. The summed E-state index contributed by atoms with van der Waals surface area (Å²) in [5, 5.41) is 3.78. The van der Waals surface area contributed by atoms with E-state index in [1.165, 1.54) is 15.4 Å². The van der Waals surface area contributed by atoms with Gasteiger partial charge >= 0.3 is 0 Å². The zero-order chi connectivity index (χ0) is 21.1. The number of benzene rings is 2. The number of amides is 1. The van der Waals surface area contributed by atoms with E-state index in [9.17, 15) is 13.2 Å². The summed E-state index contributed by atoms with van der Waals surface area (Å²) in [6, 6.07) is 15.1. The van der Waals surface area contributed by atoms with E-state index in [-0.39, 0.29) is 30.2 Å². The summed E-state index contributed by atoms with van der Waals surface area (Å²) >= 11 is 5.89. The Morgan fingerprint density at radius 3 is 2.63 bits per heavy atom. The number of fused-ring (bicyclic) bond motifs is 1. The van der Waals surface area contributed by atoms with Gasteiger partial charge in [-0.1, -0.05) is 48.0 Å². The van der Waals surface area contributed by atoms with Crippen molar-refractivity contribution in [2.24, 2.45) is 5.92 Å². The second-order valence-electron chi connectivity index (χ2n) is 8.23. The number of halogens is 1. The van der Waals surface area contributed by atoms with Crippen LogP contribution in [0.5, 0.6) is 0 Å². The molecule has 0 bridgehead atoms. The van der Waals surface area contributed by atoms with Crippen molar-refractivity contribution in [1.29, 1.82) is 0 Å². The average Bonchev–Trinajstić information content (AvgIpc) is 2.75. The fraction of sp³-hybridized carbons (Fsp3) is 0.435. The molecule has 5 nitrogen and oxygen atoms in total. The normalized spacial score (nSPS) is 22.3. The SMILES string of the molecule is O=C(N[C@H]1CCCc2ccccc21)[C@@H]1CCCN(S(=O)(=O)Cc2ccc(Cl)cc2)C1. The third-order valence-electron chi connectivity index (χ3n) is 6.10. The summed E-state index contributed by atoms with van der Waals surface area (Å²) in [4.78, 5) is 13.0. The summed E-state index contributed by atoms with van der Waals surface area (Å²) < 4.78 is 27.3. The van der Waals surface area contributed by atoms with Gasteiger partial charge in [0.1, 0.15) is 0 Å². The lowest BCUT2D eigenvalue weighted by Crippen LogP contribution is -2.46. The molecule has 0 unspecified atom stereocenters. The molecule has 1 aliphatic carbocycles. The molecule has 1 heterocycles. The van der Waals surface area contributed by atoms with E-state index in [4.69, 9.17) is 11.6 Å². The van der Waals surface area contributed by atoms with Crippen molar-refractivity contribution in [3.8, 4) is 0 Å². The maximum Gasteiger partial charge on any atom is 0.224 e. The van der Waals surface area contributed by atoms with Gasteiger partial charge in [0.25, 0.3) is 0 Å². The molecule has 1 amide bonds. The molecule has 4 rings (SSSR count). The quantitative estimate of drug-likeness (QED) is 0.752. The largest absolute Gasteiger partial charge is 0.349 e. The maximum atomic E-state index is 13.0. The van der Waals surface area contributed by atoms with Crippen molar-refractivity contribution in [2.45, 2.75) is 43.9 Å². The number of aryl methyl sites for hydroxylation is 1. The third kappa shape index (κ3) is 4.88. The first-order valence-electron chi connectivity index (χ1n) is 10.5. The Labute approximate surface area is 183 Å². The molecule has 30 heavy (non-hydrogen) atoms. The number of carbonyl (C=O) groups is 1. The van der Waals surface area contributed by atoms with Crippen LogP contribution >= 0.6 is 11.6 Å². The molecule has 0 saturated carbocycles. The Hall–Kier alpha value is -1.89. The third-order valence-corrected chi connectivity index (χ3v) is 8.17. The first-order chi connectivity index (χ1) is 14.4. The van der Waals surface area contributed by atoms with E-state index >= 15 is 0 Å². The highest BCUT2D eigenvalue weighted by Crippen LogP contribution is 2.30. The van der Waals surface area contributed by atoms with Gasteiger partial charge in [-0.3, -0.25) is 4.79 Å². The lowest BCUT2D eigenvalue weighted by molar-refractivity contribution is -0.127. The molecule has 0 radical (unpaired) electrons. The average molecular weight is 447 g/mol. The Balaban J connectivity index is 1.41. The number of nitrogens with zero attached hydrogens (tertiary/aromatic N) is 1. The van der Waals surface area contributed by atoms with Crippen LogP contribution in [0, 0.1) is 5.92 Å². The van der Waals surface area contributed by atoms with E-state index < -0.39 is 10.0 Å². The summed E-state index contributed by atoms with van der Waals surface area (Å²) in [5.41, 5.74) is 3.19. The molecule has 1 N–H and O–H groups in total. The summed E-state index contributed by atoms with van der Waals surface area (Å²) in [6.07, 6.45) is 4.43. The maximum absolute atomic E-state index is 13.0. The summed E-state index contributed by atoms with van der Waals surface area (Å²) in [6.45, 7) is 0.710. The molecule has 1 saturated heterocycles. The number of sulfonamides is 1. The molecule has 1 aliphatic heterocycles. The van der Waals surface area contributed by atoms with Crippen LogP contribution in [0.2, 0.25) is 5.02 Å². The van der Waals surface area contributed by atoms with Gasteiger partial charge in [-0.15, -0.1) is 0 Å². The number of hydrogen-bond donors (Lipinski definition) is 1. The Bertz CT molecular complexity index is 1010. The van der Waals surface area contributed by atoms with Gasteiger partial charge in [-0.25, -0.2) is 12.7 Å². The molecule has 160 valence electrons. The van der Waals surface area contributed by atoms with Crippen LogP contribution < -0.4 is 5.32 Å². The molecule has 7 heteroatoms. The van der Waals surface area contributed by atoms with Crippen molar-refractivity contribution in [3.05, 3.63) is 70.2 Å². The zero-order valence-corrected chi connectivity index (χ0v) is 18.5. The van der Waals surface area contributed by atoms with Crippen molar-refractivity contribution in [1.82, 2.24) is 9.62 Å². The molecule has 0 aromatic heterocycles. The van der Waals surface area contributed by atoms with Crippen molar-refractivity contribution < 1.29 is 13.2 Å². The molecule has 1 fully saturated rings. The van der Waals surface area contributed by atoms with E-state index in [0.717, 1.165) is 19.3 Å². The van der Waals surface area contributed by atoms with Crippen molar-refractivity contribution in [3.63, 3.8) is 0 Å². The van der Waals surface area contributed by atoms with Crippen LogP contribution in [0.15, 0.2) is 48.5 Å².